The van der Waals surface area contributed by atoms with Crippen molar-refractivity contribution in [2.75, 3.05) is 0 Å². The number of benzene rings is 2. The van der Waals surface area contributed by atoms with Gasteiger partial charge in [0.15, 0.2) is 0 Å². The van der Waals surface area contributed by atoms with E-state index in [1.807, 2.05) is 24.3 Å². The number of halogens is 1. The second-order valence-electron chi connectivity index (χ2n) is 4.84. The topological polar surface area (TPSA) is 48.1 Å². The summed E-state index contributed by atoms with van der Waals surface area (Å²) in [7, 11) is 0. The van der Waals surface area contributed by atoms with E-state index in [-0.39, 0.29) is 11.9 Å². The Morgan fingerprint density at radius 2 is 2.10 bits per heavy atom. The van der Waals surface area contributed by atoms with Crippen LogP contribution in [0.2, 0.25) is 0 Å². The van der Waals surface area contributed by atoms with Crippen LogP contribution in [0.5, 0.6) is 5.75 Å². The van der Waals surface area contributed by atoms with Gasteiger partial charge in [0.1, 0.15) is 23.2 Å². The standard InChI is InChI=1S/C16H15FN2OS/c1-10(18)12-7-6-11(8-13(12)17)20-9-16-19-14-4-2-3-5-15(14)21-16/h2-8,10H,9,18H2,1H3/t10-/m1/s1. The van der Waals surface area contributed by atoms with Gasteiger partial charge < -0.3 is 10.5 Å². The highest BCUT2D eigenvalue weighted by Gasteiger charge is 2.09. The molecule has 0 radical (unpaired) electrons. The monoisotopic (exact) mass is 302 g/mol. The van der Waals surface area contributed by atoms with Crippen LogP contribution < -0.4 is 10.5 Å². The van der Waals surface area contributed by atoms with E-state index in [0.717, 1.165) is 15.2 Å². The van der Waals surface area contributed by atoms with Crippen LogP contribution in [0.15, 0.2) is 42.5 Å². The Morgan fingerprint density at radius 1 is 1.29 bits per heavy atom. The number of nitrogens with two attached hydrogens (primary N) is 1. The molecular formula is C16H15FN2OS. The van der Waals surface area contributed by atoms with E-state index in [0.29, 0.717) is 17.9 Å². The molecule has 3 aromatic rings. The molecule has 3 rings (SSSR count). The first-order valence-corrected chi connectivity index (χ1v) is 7.47. The van der Waals surface area contributed by atoms with E-state index in [1.54, 1.807) is 30.4 Å². The Bertz CT molecular complexity index is 737. The van der Waals surface area contributed by atoms with E-state index in [9.17, 15) is 4.39 Å². The first-order chi connectivity index (χ1) is 10.1. The number of thiazole rings is 1. The van der Waals surface area contributed by atoms with Crippen LogP contribution in [-0.2, 0) is 6.61 Å². The highest BCUT2D eigenvalue weighted by molar-refractivity contribution is 7.18. The van der Waals surface area contributed by atoms with E-state index in [4.69, 9.17) is 10.5 Å². The summed E-state index contributed by atoms with van der Waals surface area (Å²) in [5, 5.41) is 0.868. The van der Waals surface area contributed by atoms with E-state index in [1.165, 1.54) is 6.07 Å². The van der Waals surface area contributed by atoms with Crippen molar-refractivity contribution < 1.29 is 9.13 Å². The van der Waals surface area contributed by atoms with Crippen LogP contribution in [0.1, 0.15) is 23.5 Å². The fourth-order valence-electron chi connectivity index (χ4n) is 2.09. The van der Waals surface area contributed by atoms with Gasteiger partial charge >= 0.3 is 0 Å². The molecule has 0 amide bonds. The van der Waals surface area contributed by atoms with Crippen LogP contribution in [0.25, 0.3) is 10.2 Å². The van der Waals surface area contributed by atoms with Crippen LogP contribution in [-0.4, -0.2) is 4.98 Å². The summed E-state index contributed by atoms with van der Waals surface area (Å²) in [4.78, 5) is 4.48. The predicted molar refractivity (Wildman–Crippen MR) is 83.0 cm³/mol. The number of fused-ring (bicyclic) bond motifs is 1. The van der Waals surface area contributed by atoms with E-state index < -0.39 is 0 Å². The van der Waals surface area contributed by atoms with Crippen molar-refractivity contribution in [3.8, 4) is 5.75 Å². The maximum atomic E-state index is 13.8. The molecule has 0 bridgehead atoms. The fraction of sp³-hybridized carbons (Fsp3) is 0.188. The zero-order chi connectivity index (χ0) is 14.8. The smallest absolute Gasteiger partial charge is 0.140 e. The molecule has 0 aliphatic carbocycles. The normalized spacial score (nSPS) is 12.5. The van der Waals surface area contributed by atoms with Gasteiger partial charge in [0.2, 0.25) is 0 Å². The van der Waals surface area contributed by atoms with Crippen LogP contribution >= 0.6 is 11.3 Å². The fourth-order valence-corrected chi connectivity index (χ4v) is 2.97. The van der Waals surface area contributed by atoms with Gasteiger partial charge in [0.25, 0.3) is 0 Å². The van der Waals surface area contributed by atoms with Gasteiger partial charge in [0.05, 0.1) is 10.2 Å². The molecule has 0 saturated carbocycles. The molecule has 0 aliphatic heterocycles. The van der Waals surface area contributed by atoms with Crippen molar-refractivity contribution in [1.82, 2.24) is 4.98 Å². The van der Waals surface area contributed by atoms with E-state index >= 15 is 0 Å². The molecule has 21 heavy (non-hydrogen) atoms. The quantitative estimate of drug-likeness (QED) is 0.791. The summed E-state index contributed by atoms with van der Waals surface area (Å²) in [6, 6.07) is 12.3. The van der Waals surface area contributed by atoms with Crippen LogP contribution in [0, 0.1) is 5.82 Å². The Balaban J connectivity index is 1.74. The maximum absolute atomic E-state index is 13.8. The van der Waals surface area contributed by atoms with Crippen molar-refractivity contribution in [3.05, 3.63) is 58.9 Å². The zero-order valence-corrected chi connectivity index (χ0v) is 12.4. The molecule has 1 atom stereocenters. The summed E-state index contributed by atoms with van der Waals surface area (Å²) < 4.78 is 20.5. The maximum Gasteiger partial charge on any atom is 0.140 e. The molecule has 0 fully saturated rings. The Morgan fingerprint density at radius 3 is 2.81 bits per heavy atom. The zero-order valence-electron chi connectivity index (χ0n) is 11.5. The third-order valence-corrected chi connectivity index (χ3v) is 4.17. The molecule has 0 aliphatic rings. The third kappa shape index (κ3) is 3.04. The molecule has 5 heteroatoms. The predicted octanol–water partition coefficient (Wildman–Crippen LogP) is 4.03. The van der Waals surface area contributed by atoms with Gasteiger partial charge in [-0.05, 0) is 25.1 Å². The highest BCUT2D eigenvalue weighted by atomic mass is 32.1. The molecule has 1 aromatic heterocycles. The van der Waals surface area contributed by atoms with Gasteiger partial charge in [-0.2, -0.15) is 0 Å². The number of aromatic nitrogens is 1. The van der Waals surface area contributed by atoms with Crippen molar-refractivity contribution in [3.63, 3.8) is 0 Å². The van der Waals surface area contributed by atoms with E-state index in [2.05, 4.69) is 4.98 Å². The summed E-state index contributed by atoms with van der Waals surface area (Å²) in [5.41, 5.74) is 7.13. The lowest BCUT2D eigenvalue weighted by atomic mass is 10.1. The SMILES string of the molecule is C[C@@H](N)c1ccc(OCc2nc3ccccc3s2)cc1F. The molecule has 0 saturated heterocycles. The Kier molecular flexibility index (Phi) is 3.86. The highest BCUT2D eigenvalue weighted by Crippen LogP contribution is 2.24. The minimum atomic E-state index is -0.341. The number of ether oxygens (including phenoxy) is 1. The minimum absolute atomic E-state index is 0.330. The number of hydrogen-bond acceptors (Lipinski definition) is 4. The number of rotatable bonds is 4. The lowest BCUT2D eigenvalue weighted by Gasteiger charge is -2.09. The summed E-state index contributed by atoms with van der Waals surface area (Å²) in [6.07, 6.45) is 0. The average molecular weight is 302 g/mol. The molecule has 1 heterocycles. The van der Waals surface area contributed by atoms with Gasteiger partial charge in [0, 0.05) is 17.7 Å². The van der Waals surface area contributed by atoms with Gasteiger partial charge in [-0.25, -0.2) is 9.37 Å². The summed E-state index contributed by atoms with van der Waals surface area (Å²) in [5.74, 6) is 0.142. The largest absolute Gasteiger partial charge is 0.486 e. The second kappa shape index (κ2) is 5.79. The lowest BCUT2D eigenvalue weighted by Crippen LogP contribution is -2.07. The van der Waals surface area contributed by atoms with Crippen molar-refractivity contribution in [2.45, 2.75) is 19.6 Å². The molecule has 3 nitrogen and oxygen atoms in total. The van der Waals surface area contributed by atoms with Gasteiger partial charge in [-0.3, -0.25) is 0 Å². The second-order valence-corrected chi connectivity index (χ2v) is 5.95. The molecule has 2 N–H and O–H groups in total. The van der Waals surface area contributed by atoms with Crippen LogP contribution in [0.4, 0.5) is 4.39 Å². The lowest BCUT2D eigenvalue weighted by molar-refractivity contribution is 0.304. The molecular weight excluding hydrogens is 287 g/mol. The summed E-state index contributed by atoms with van der Waals surface area (Å²) >= 11 is 1.58. The first-order valence-electron chi connectivity index (χ1n) is 6.66. The van der Waals surface area contributed by atoms with Crippen molar-refractivity contribution in [2.24, 2.45) is 5.73 Å². The molecule has 108 valence electrons. The molecule has 0 spiro atoms. The number of nitrogens with zero attached hydrogens (tertiary/aromatic N) is 1. The van der Waals surface area contributed by atoms with Crippen molar-refractivity contribution >= 4 is 21.6 Å². The van der Waals surface area contributed by atoms with Crippen LogP contribution in [0.3, 0.4) is 0 Å². The minimum Gasteiger partial charge on any atom is -0.486 e. The third-order valence-electron chi connectivity index (χ3n) is 3.16. The average Bonchev–Trinajstić information content (AvgIpc) is 2.87. The van der Waals surface area contributed by atoms with Gasteiger partial charge in [-0.1, -0.05) is 18.2 Å². The Labute approximate surface area is 126 Å². The first kappa shape index (κ1) is 14.0. The molecule has 0 unspecified atom stereocenters. The number of hydrogen-bond donors (Lipinski definition) is 1. The molecule has 2 aromatic carbocycles. The number of para-hydroxylation sites is 1. The summed E-state index contributed by atoms with van der Waals surface area (Å²) in [6.45, 7) is 2.08. The van der Waals surface area contributed by atoms with Gasteiger partial charge in [-0.15, -0.1) is 11.3 Å². The van der Waals surface area contributed by atoms with Crippen molar-refractivity contribution in [1.29, 1.82) is 0 Å². The Hall–Kier alpha value is -1.98.